The third kappa shape index (κ3) is 5.89. The number of nitrogens with two attached hydrogens (primary N) is 1. The molecule has 0 aromatic heterocycles. The van der Waals surface area contributed by atoms with Crippen LogP contribution in [0.1, 0.15) is 18.9 Å². The molecule has 0 saturated heterocycles. The number of nitrogens with zero attached hydrogens (tertiary/aromatic N) is 1. The van der Waals surface area contributed by atoms with Gasteiger partial charge in [0.05, 0.1) is 6.54 Å². The molecule has 1 aromatic carbocycles. The highest BCUT2D eigenvalue weighted by molar-refractivity contribution is 14.0. The minimum absolute atomic E-state index is 0. The van der Waals surface area contributed by atoms with Crippen LogP contribution in [0.4, 0.5) is 4.39 Å². The summed E-state index contributed by atoms with van der Waals surface area (Å²) in [6, 6.07) is 6.35. The van der Waals surface area contributed by atoms with Crippen LogP contribution >= 0.6 is 24.0 Å². The largest absolute Gasteiger partial charge is 0.370 e. The van der Waals surface area contributed by atoms with Crippen molar-refractivity contribution in [2.45, 2.75) is 19.9 Å². The van der Waals surface area contributed by atoms with Crippen molar-refractivity contribution in [3.8, 4) is 0 Å². The SMILES string of the molecule is CCCNC(N)=NCc1cccc(F)c1.I. The van der Waals surface area contributed by atoms with E-state index < -0.39 is 0 Å². The number of hydrogen-bond acceptors (Lipinski definition) is 1. The average Bonchev–Trinajstić information content (AvgIpc) is 2.23. The van der Waals surface area contributed by atoms with E-state index in [2.05, 4.69) is 10.3 Å². The lowest BCUT2D eigenvalue weighted by atomic mass is 10.2. The molecule has 0 unspecified atom stereocenters. The lowest BCUT2D eigenvalue weighted by Crippen LogP contribution is -2.32. The summed E-state index contributed by atoms with van der Waals surface area (Å²) in [5.74, 6) is 0.156. The fourth-order valence-electron chi connectivity index (χ4n) is 1.12. The number of halogens is 2. The van der Waals surface area contributed by atoms with E-state index in [9.17, 15) is 4.39 Å². The molecule has 0 aliphatic heterocycles. The Hall–Kier alpha value is -0.850. The van der Waals surface area contributed by atoms with Crippen molar-refractivity contribution in [2.24, 2.45) is 10.7 Å². The van der Waals surface area contributed by atoms with Gasteiger partial charge in [0, 0.05) is 6.54 Å². The number of guanidine groups is 1. The number of hydrogen-bond donors (Lipinski definition) is 2. The van der Waals surface area contributed by atoms with E-state index in [0.717, 1.165) is 18.5 Å². The zero-order valence-electron chi connectivity index (χ0n) is 9.24. The van der Waals surface area contributed by atoms with Crippen LogP contribution in [0, 0.1) is 5.82 Å². The fraction of sp³-hybridized carbons (Fsp3) is 0.364. The summed E-state index contributed by atoms with van der Waals surface area (Å²) in [6.07, 6.45) is 0.996. The van der Waals surface area contributed by atoms with Gasteiger partial charge in [-0.25, -0.2) is 9.38 Å². The first-order valence-corrected chi connectivity index (χ1v) is 5.00. The van der Waals surface area contributed by atoms with Crippen LogP contribution in [0.3, 0.4) is 0 Å². The Morgan fingerprint density at radius 3 is 2.88 bits per heavy atom. The zero-order chi connectivity index (χ0) is 11.1. The number of aliphatic imine (C=N–C) groups is 1. The maximum absolute atomic E-state index is 12.8. The molecule has 0 aliphatic rings. The van der Waals surface area contributed by atoms with E-state index in [4.69, 9.17) is 5.73 Å². The van der Waals surface area contributed by atoms with Crippen molar-refractivity contribution in [3.05, 3.63) is 35.6 Å². The average molecular weight is 337 g/mol. The molecule has 0 bridgehead atoms. The molecule has 0 aliphatic carbocycles. The van der Waals surface area contributed by atoms with Gasteiger partial charge in [-0.2, -0.15) is 0 Å². The molecule has 1 rings (SSSR count). The summed E-state index contributed by atoms with van der Waals surface area (Å²) in [6.45, 7) is 3.26. The molecule has 0 atom stereocenters. The van der Waals surface area contributed by atoms with Crippen molar-refractivity contribution < 1.29 is 4.39 Å². The van der Waals surface area contributed by atoms with Crippen molar-refractivity contribution >= 4 is 29.9 Å². The summed E-state index contributed by atoms with van der Waals surface area (Å²) in [5, 5.41) is 2.95. The quantitative estimate of drug-likeness (QED) is 0.503. The van der Waals surface area contributed by atoms with E-state index in [0.29, 0.717) is 12.5 Å². The van der Waals surface area contributed by atoms with Crippen LogP contribution in [0.5, 0.6) is 0 Å². The van der Waals surface area contributed by atoms with Gasteiger partial charge in [0.2, 0.25) is 0 Å². The lowest BCUT2D eigenvalue weighted by Gasteiger charge is -2.03. The highest BCUT2D eigenvalue weighted by atomic mass is 127. The minimum Gasteiger partial charge on any atom is -0.370 e. The summed E-state index contributed by atoms with van der Waals surface area (Å²) >= 11 is 0. The monoisotopic (exact) mass is 337 g/mol. The van der Waals surface area contributed by atoms with Crippen LogP contribution in [0.15, 0.2) is 29.3 Å². The van der Waals surface area contributed by atoms with Gasteiger partial charge in [0.1, 0.15) is 5.82 Å². The second kappa shape index (κ2) is 8.32. The van der Waals surface area contributed by atoms with Gasteiger partial charge in [-0.05, 0) is 24.1 Å². The highest BCUT2D eigenvalue weighted by Crippen LogP contribution is 2.04. The Morgan fingerprint density at radius 1 is 1.50 bits per heavy atom. The third-order valence-electron chi connectivity index (χ3n) is 1.88. The molecule has 16 heavy (non-hydrogen) atoms. The van der Waals surface area contributed by atoms with Crippen molar-refractivity contribution in [2.75, 3.05) is 6.54 Å². The summed E-state index contributed by atoms with van der Waals surface area (Å²) < 4.78 is 12.8. The summed E-state index contributed by atoms with van der Waals surface area (Å²) in [4.78, 5) is 4.09. The standard InChI is InChI=1S/C11H16FN3.HI/c1-2-6-14-11(13)15-8-9-4-3-5-10(12)7-9;/h3-5,7H,2,6,8H2,1H3,(H3,13,14,15);1H. The van der Waals surface area contributed by atoms with E-state index in [1.54, 1.807) is 6.07 Å². The van der Waals surface area contributed by atoms with Gasteiger partial charge >= 0.3 is 0 Å². The highest BCUT2D eigenvalue weighted by Gasteiger charge is 1.94. The Morgan fingerprint density at radius 2 is 2.25 bits per heavy atom. The molecular formula is C11H17FIN3. The van der Waals surface area contributed by atoms with Crippen molar-refractivity contribution in [3.63, 3.8) is 0 Å². The van der Waals surface area contributed by atoms with Gasteiger partial charge in [-0.15, -0.1) is 24.0 Å². The molecule has 0 amide bonds. The Balaban J connectivity index is 0.00000225. The van der Waals surface area contributed by atoms with Crippen LogP contribution in [0.25, 0.3) is 0 Å². The molecule has 0 radical (unpaired) electrons. The Kier molecular flexibility index (Phi) is 7.88. The number of nitrogens with one attached hydrogen (secondary N) is 1. The Labute approximate surface area is 112 Å². The smallest absolute Gasteiger partial charge is 0.188 e. The minimum atomic E-state index is -0.247. The summed E-state index contributed by atoms with van der Waals surface area (Å²) in [7, 11) is 0. The molecule has 0 saturated carbocycles. The van der Waals surface area contributed by atoms with E-state index >= 15 is 0 Å². The molecule has 0 spiro atoms. The topological polar surface area (TPSA) is 50.4 Å². The predicted molar refractivity (Wildman–Crippen MR) is 75.4 cm³/mol. The van der Waals surface area contributed by atoms with Gasteiger partial charge in [-0.3, -0.25) is 0 Å². The first-order chi connectivity index (χ1) is 7.22. The van der Waals surface area contributed by atoms with Gasteiger partial charge in [0.25, 0.3) is 0 Å². The second-order valence-electron chi connectivity index (χ2n) is 3.26. The first kappa shape index (κ1) is 15.2. The molecule has 90 valence electrons. The molecule has 0 heterocycles. The van der Waals surface area contributed by atoms with Crippen LogP contribution in [-0.4, -0.2) is 12.5 Å². The predicted octanol–water partition coefficient (Wildman–Crippen LogP) is 2.26. The van der Waals surface area contributed by atoms with Crippen LogP contribution in [0.2, 0.25) is 0 Å². The van der Waals surface area contributed by atoms with Gasteiger partial charge < -0.3 is 11.1 Å². The maximum atomic E-state index is 12.8. The second-order valence-corrected chi connectivity index (χ2v) is 3.26. The zero-order valence-corrected chi connectivity index (χ0v) is 11.6. The normalized spacial score (nSPS) is 10.8. The molecule has 1 aromatic rings. The number of rotatable bonds is 4. The van der Waals surface area contributed by atoms with E-state index in [1.807, 2.05) is 13.0 Å². The Bertz CT molecular complexity index is 342. The van der Waals surface area contributed by atoms with Gasteiger partial charge in [0.15, 0.2) is 5.96 Å². The summed E-state index contributed by atoms with van der Waals surface area (Å²) in [5.41, 5.74) is 6.41. The third-order valence-corrected chi connectivity index (χ3v) is 1.88. The molecule has 5 heteroatoms. The molecule has 3 N–H and O–H groups in total. The molecular weight excluding hydrogens is 320 g/mol. The van der Waals surface area contributed by atoms with Crippen molar-refractivity contribution in [1.29, 1.82) is 0 Å². The lowest BCUT2D eigenvalue weighted by molar-refractivity contribution is 0.625. The van der Waals surface area contributed by atoms with Crippen LogP contribution in [-0.2, 0) is 6.54 Å². The fourth-order valence-corrected chi connectivity index (χ4v) is 1.12. The van der Waals surface area contributed by atoms with E-state index in [1.165, 1.54) is 12.1 Å². The molecule has 0 fully saturated rings. The van der Waals surface area contributed by atoms with Crippen LogP contribution < -0.4 is 11.1 Å². The number of benzene rings is 1. The van der Waals surface area contributed by atoms with Gasteiger partial charge in [-0.1, -0.05) is 19.1 Å². The maximum Gasteiger partial charge on any atom is 0.188 e. The first-order valence-electron chi connectivity index (χ1n) is 5.00. The molecule has 3 nitrogen and oxygen atoms in total. The van der Waals surface area contributed by atoms with E-state index in [-0.39, 0.29) is 29.8 Å². The van der Waals surface area contributed by atoms with Crippen molar-refractivity contribution in [1.82, 2.24) is 5.32 Å².